The van der Waals surface area contributed by atoms with Crippen LogP contribution in [0.3, 0.4) is 0 Å². The van der Waals surface area contributed by atoms with Gasteiger partial charge in [0, 0.05) is 4.47 Å². The SMILES string of the molecule is COc1ccc(Br)cc1S(=O)(=O)Nc1c(Cl)ncnc1Cl. The van der Waals surface area contributed by atoms with Gasteiger partial charge in [-0.05, 0) is 18.2 Å². The van der Waals surface area contributed by atoms with Gasteiger partial charge in [0.1, 0.15) is 22.7 Å². The van der Waals surface area contributed by atoms with Gasteiger partial charge in [-0.2, -0.15) is 0 Å². The Kier molecular flexibility index (Phi) is 4.92. The number of nitrogens with one attached hydrogen (secondary N) is 1. The van der Waals surface area contributed by atoms with E-state index in [0.29, 0.717) is 4.47 Å². The molecular weight excluding hydrogens is 405 g/mol. The zero-order chi connectivity index (χ0) is 15.6. The first-order valence-corrected chi connectivity index (χ1v) is 8.40. The number of ether oxygens (including phenoxy) is 1. The normalized spacial score (nSPS) is 11.2. The van der Waals surface area contributed by atoms with E-state index in [1.807, 2.05) is 0 Å². The number of nitrogens with zero attached hydrogens (tertiary/aromatic N) is 2. The van der Waals surface area contributed by atoms with E-state index < -0.39 is 10.0 Å². The molecule has 0 aliphatic heterocycles. The third-order valence-corrected chi connectivity index (χ3v) is 4.84. The highest BCUT2D eigenvalue weighted by molar-refractivity contribution is 9.10. The molecule has 1 heterocycles. The lowest BCUT2D eigenvalue weighted by atomic mass is 10.3. The van der Waals surface area contributed by atoms with Crippen molar-refractivity contribution in [1.82, 2.24) is 9.97 Å². The molecule has 6 nitrogen and oxygen atoms in total. The molecule has 1 aromatic carbocycles. The van der Waals surface area contributed by atoms with Crippen molar-refractivity contribution < 1.29 is 13.2 Å². The molecule has 0 spiro atoms. The number of hydrogen-bond donors (Lipinski definition) is 1. The number of anilines is 1. The van der Waals surface area contributed by atoms with Gasteiger partial charge in [-0.25, -0.2) is 18.4 Å². The number of hydrogen-bond acceptors (Lipinski definition) is 5. The van der Waals surface area contributed by atoms with Gasteiger partial charge in [0.05, 0.1) is 7.11 Å². The summed E-state index contributed by atoms with van der Waals surface area (Å²) in [6.07, 6.45) is 1.13. The Morgan fingerprint density at radius 3 is 2.43 bits per heavy atom. The molecule has 2 aromatic rings. The average molecular weight is 413 g/mol. The molecular formula is C11H8BrCl2N3O3S. The van der Waals surface area contributed by atoms with Crippen molar-refractivity contribution in [1.29, 1.82) is 0 Å². The van der Waals surface area contributed by atoms with E-state index in [1.54, 1.807) is 6.07 Å². The van der Waals surface area contributed by atoms with E-state index in [-0.39, 0.29) is 26.6 Å². The molecule has 10 heteroatoms. The Morgan fingerprint density at radius 2 is 1.86 bits per heavy atom. The lowest BCUT2D eigenvalue weighted by Crippen LogP contribution is -2.15. The summed E-state index contributed by atoms with van der Waals surface area (Å²) in [6.45, 7) is 0. The smallest absolute Gasteiger partial charge is 0.265 e. The van der Waals surface area contributed by atoms with Crippen LogP contribution in [0.25, 0.3) is 0 Å². The van der Waals surface area contributed by atoms with Crippen LogP contribution in [0.2, 0.25) is 10.3 Å². The second-order valence-corrected chi connectivity index (χ2v) is 7.01. The third kappa shape index (κ3) is 3.57. The Bertz CT molecular complexity index is 766. The van der Waals surface area contributed by atoms with Crippen LogP contribution >= 0.6 is 39.1 Å². The molecule has 0 atom stereocenters. The zero-order valence-corrected chi connectivity index (χ0v) is 14.4. The topological polar surface area (TPSA) is 81.2 Å². The summed E-state index contributed by atoms with van der Waals surface area (Å²) in [6, 6.07) is 4.57. The minimum atomic E-state index is -3.98. The molecule has 0 saturated carbocycles. The lowest BCUT2D eigenvalue weighted by Gasteiger charge is -2.13. The summed E-state index contributed by atoms with van der Waals surface area (Å²) in [5.74, 6) is 0.176. The first-order chi connectivity index (χ1) is 9.85. The highest BCUT2D eigenvalue weighted by atomic mass is 79.9. The van der Waals surface area contributed by atoms with Crippen molar-refractivity contribution in [3.63, 3.8) is 0 Å². The summed E-state index contributed by atoms with van der Waals surface area (Å²) in [5, 5.41) is -0.208. The monoisotopic (exact) mass is 411 g/mol. The second kappa shape index (κ2) is 6.35. The molecule has 0 saturated heterocycles. The quantitative estimate of drug-likeness (QED) is 0.778. The predicted molar refractivity (Wildman–Crippen MR) is 83.6 cm³/mol. The Balaban J connectivity index is 2.51. The summed E-state index contributed by atoms with van der Waals surface area (Å²) in [7, 11) is -2.61. The number of benzene rings is 1. The predicted octanol–water partition coefficient (Wildman–Crippen LogP) is 3.36. The molecule has 0 unspecified atom stereocenters. The minimum absolute atomic E-state index is 0.0737. The van der Waals surface area contributed by atoms with Crippen LogP contribution in [0, 0.1) is 0 Å². The van der Waals surface area contributed by atoms with Gasteiger partial charge >= 0.3 is 0 Å². The molecule has 0 fully saturated rings. The molecule has 0 aliphatic rings. The number of aromatic nitrogens is 2. The molecule has 0 radical (unpaired) electrons. The van der Waals surface area contributed by atoms with E-state index in [1.165, 1.54) is 19.2 Å². The Morgan fingerprint density at radius 1 is 1.24 bits per heavy atom. The van der Waals surface area contributed by atoms with E-state index in [0.717, 1.165) is 6.33 Å². The van der Waals surface area contributed by atoms with E-state index >= 15 is 0 Å². The largest absolute Gasteiger partial charge is 0.495 e. The van der Waals surface area contributed by atoms with Crippen molar-refractivity contribution >= 4 is 54.8 Å². The highest BCUT2D eigenvalue weighted by Crippen LogP contribution is 2.32. The fraction of sp³-hybridized carbons (Fsp3) is 0.0909. The molecule has 0 aliphatic carbocycles. The lowest BCUT2D eigenvalue weighted by molar-refractivity contribution is 0.403. The molecule has 0 bridgehead atoms. The van der Waals surface area contributed by atoms with Crippen molar-refractivity contribution in [3.8, 4) is 5.75 Å². The van der Waals surface area contributed by atoms with E-state index in [4.69, 9.17) is 27.9 Å². The van der Waals surface area contributed by atoms with Crippen molar-refractivity contribution in [2.45, 2.75) is 4.90 Å². The first-order valence-electron chi connectivity index (χ1n) is 5.37. The van der Waals surface area contributed by atoms with Crippen LogP contribution in [0.15, 0.2) is 33.9 Å². The highest BCUT2D eigenvalue weighted by Gasteiger charge is 2.23. The van der Waals surface area contributed by atoms with Crippen LogP contribution in [-0.2, 0) is 10.0 Å². The minimum Gasteiger partial charge on any atom is -0.495 e. The van der Waals surface area contributed by atoms with E-state index in [2.05, 4.69) is 30.6 Å². The Labute approximate surface area is 139 Å². The molecule has 0 amide bonds. The maximum atomic E-state index is 12.5. The number of rotatable bonds is 4. The molecule has 112 valence electrons. The molecule has 2 rings (SSSR count). The number of sulfonamides is 1. The van der Waals surface area contributed by atoms with Crippen molar-refractivity contribution in [3.05, 3.63) is 39.3 Å². The first kappa shape index (κ1) is 16.3. The van der Waals surface area contributed by atoms with Gasteiger partial charge in [-0.1, -0.05) is 39.1 Å². The zero-order valence-electron chi connectivity index (χ0n) is 10.5. The van der Waals surface area contributed by atoms with Crippen LogP contribution in [0.1, 0.15) is 0 Å². The summed E-state index contributed by atoms with van der Waals surface area (Å²) >= 11 is 14.9. The maximum Gasteiger partial charge on any atom is 0.265 e. The van der Waals surface area contributed by atoms with Gasteiger partial charge in [0.25, 0.3) is 10.0 Å². The van der Waals surface area contributed by atoms with Crippen molar-refractivity contribution in [2.75, 3.05) is 11.8 Å². The van der Waals surface area contributed by atoms with Gasteiger partial charge < -0.3 is 4.74 Å². The standard InChI is InChI=1S/C11H8BrCl2N3O3S/c1-20-7-3-2-6(12)4-8(7)21(18,19)17-9-10(13)15-5-16-11(9)14/h2-5,17H,1H3. The maximum absolute atomic E-state index is 12.5. The van der Waals surface area contributed by atoms with Gasteiger partial charge in [-0.3, -0.25) is 4.72 Å². The average Bonchev–Trinajstić information content (AvgIpc) is 2.43. The second-order valence-electron chi connectivity index (χ2n) is 3.73. The Hall–Kier alpha value is -1.09. The fourth-order valence-corrected chi connectivity index (χ4v) is 3.78. The van der Waals surface area contributed by atoms with Gasteiger partial charge in [0.2, 0.25) is 0 Å². The van der Waals surface area contributed by atoms with E-state index in [9.17, 15) is 8.42 Å². The third-order valence-electron chi connectivity index (χ3n) is 2.41. The number of methoxy groups -OCH3 is 1. The number of halogens is 3. The van der Waals surface area contributed by atoms with Crippen LogP contribution in [0.5, 0.6) is 5.75 Å². The van der Waals surface area contributed by atoms with Crippen LogP contribution < -0.4 is 9.46 Å². The molecule has 1 N–H and O–H groups in total. The fourth-order valence-electron chi connectivity index (χ4n) is 1.48. The van der Waals surface area contributed by atoms with Crippen LogP contribution in [-0.4, -0.2) is 25.5 Å². The summed E-state index contributed by atoms with van der Waals surface area (Å²) < 4.78 is 32.8. The van der Waals surface area contributed by atoms with Gasteiger partial charge in [-0.15, -0.1) is 0 Å². The van der Waals surface area contributed by atoms with Crippen molar-refractivity contribution in [2.24, 2.45) is 0 Å². The summed E-state index contributed by atoms with van der Waals surface area (Å²) in [4.78, 5) is 7.29. The molecule has 1 aromatic heterocycles. The molecule has 21 heavy (non-hydrogen) atoms. The van der Waals surface area contributed by atoms with Gasteiger partial charge in [0.15, 0.2) is 10.3 Å². The summed E-state index contributed by atoms with van der Waals surface area (Å²) in [5.41, 5.74) is -0.0946. The van der Waals surface area contributed by atoms with Crippen LogP contribution in [0.4, 0.5) is 5.69 Å².